The SMILES string of the molecule is Cc1ccc(Cc2sc(CNC(=O)N(C)C)nc2C)cc1. The van der Waals surface area contributed by atoms with Gasteiger partial charge in [0.15, 0.2) is 0 Å². The lowest BCUT2D eigenvalue weighted by Crippen LogP contribution is -2.33. The maximum Gasteiger partial charge on any atom is 0.317 e. The van der Waals surface area contributed by atoms with Crippen molar-refractivity contribution in [3.8, 4) is 0 Å². The summed E-state index contributed by atoms with van der Waals surface area (Å²) in [5, 5.41) is 3.79. The van der Waals surface area contributed by atoms with Crippen molar-refractivity contribution in [2.24, 2.45) is 0 Å². The fraction of sp³-hybridized carbons (Fsp3) is 0.375. The number of rotatable bonds is 4. The molecule has 0 aliphatic rings. The van der Waals surface area contributed by atoms with Crippen LogP contribution in [-0.4, -0.2) is 30.0 Å². The van der Waals surface area contributed by atoms with Crippen LogP contribution in [-0.2, 0) is 13.0 Å². The van der Waals surface area contributed by atoms with Crippen molar-refractivity contribution in [1.29, 1.82) is 0 Å². The van der Waals surface area contributed by atoms with Crippen LogP contribution in [0.3, 0.4) is 0 Å². The molecule has 1 aromatic carbocycles. The number of hydrogen-bond donors (Lipinski definition) is 1. The topological polar surface area (TPSA) is 45.2 Å². The van der Waals surface area contributed by atoms with Gasteiger partial charge in [0.05, 0.1) is 12.2 Å². The van der Waals surface area contributed by atoms with E-state index < -0.39 is 0 Å². The first-order valence-corrected chi connectivity index (χ1v) is 7.73. The van der Waals surface area contributed by atoms with Crippen LogP contribution in [0.5, 0.6) is 0 Å². The quantitative estimate of drug-likeness (QED) is 0.943. The number of amides is 2. The second-order valence-corrected chi connectivity index (χ2v) is 6.50. The van der Waals surface area contributed by atoms with Crippen molar-refractivity contribution in [3.05, 3.63) is 51.0 Å². The second-order valence-electron chi connectivity index (χ2n) is 5.33. The highest BCUT2D eigenvalue weighted by atomic mass is 32.1. The Morgan fingerprint density at radius 3 is 2.52 bits per heavy atom. The Bertz CT molecular complexity index is 617. The molecule has 112 valence electrons. The van der Waals surface area contributed by atoms with E-state index in [9.17, 15) is 4.79 Å². The Labute approximate surface area is 129 Å². The zero-order valence-corrected chi connectivity index (χ0v) is 13.8. The summed E-state index contributed by atoms with van der Waals surface area (Å²) in [6.45, 7) is 4.60. The van der Waals surface area contributed by atoms with Crippen molar-refractivity contribution in [2.75, 3.05) is 14.1 Å². The molecule has 1 heterocycles. The Hall–Kier alpha value is -1.88. The van der Waals surface area contributed by atoms with Crippen LogP contribution in [0.25, 0.3) is 0 Å². The standard InChI is InChI=1S/C16H21N3OS/c1-11-5-7-13(8-6-11)9-14-12(2)18-15(21-14)10-17-16(20)19(3)4/h5-8H,9-10H2,1-4H3,(H,17,20). The molecule has 0 spiro atoms. The maximum absolute atomic E-state index is 11.5. The Morgan fingerprint density at radius 1 is 1.24 bits per heavy atom. The third kappa shape index (κ3) is 4.29. The predicted octanol–water partition coefficient (Wildman–Crippen LogP) is 3.12. The summed E-state index contributed by atoms with van der Waals surface area (Å²) in [7, 11) is 3.45. The third-order valence-corrected chi connectivity index (χ3v) is 4.38. The number of urea groups is 1. The highest BCUT2D eigenvalue weighted by Crippen LogP contribution is 2.21. The van der Waals surface area contributed by atoms with Crippen molar-refractivity contribution < 1.29 is 4.79 Å². The van der Waals surface area contributed by atoms with Gasteiger partial charge in [0.25, 0.3) is 0 Å². The largest absolute Gasteiger partial charge is 0.331 e. The van der Waals surface area contributed by atoms with Gasteiger partial charge in [-0.2, -0.15) is 0 Å². The first kappa shape index (κ1) is 15.5. The molecular formula is C16H21N3OS. The second kappa shape index (κ2) is 6.72. The first-order chi connectivity index (χ1) is 9.95. The van der Waals surface area contributed by atoms with Crippen molar-refractivity contribution in [2.45, 2.75) is 26.8 Å². The van der Waals surface area contributed by atoms with Gasteiger partial charge < -0.3 is 10.2 Å². The molecule has 0 aliphatic heterocycles. The highest BCUT2D eigenvalue weighted by molar-refractivity contribution is 7.11. The van der Waals surface area contributed by atoms with Gasteiger partial charge in [0.1, 0.15) is 5.01 Å². The van der Waals surface area contributed by atoms with Gasteiger partial charge in [-0.25, -0.2) is 9.78 Å². The fourth-order valence-corrected chi connectivity index (χ4v) is 2.97. The average molecular weight is 303 g/mol. The lowest BCUT2D eigenvalue weighted by Gasteiger charge is -2.10. The molecule has 0 saturated heterocycles. The zero-order chi connectivity index (χ0) is 15.4. The number of hydrogen-bond acceptors (Lipinski definition) is 3. The van der Waals surface area contributed by atoms with E-state index in [2.05, 4.69) is 41.5 Å². The van der Waals surface area contributed by atoms with Gasteiger partial charge >= 0.3 is 6.03 Å². The molecule has 2 rings (SSSR count). The molecule has 1 aromatic heterocycles. The average Bonchev–Trinajstić information content (AvgIpc) is 2.79. The number of carbonyl (C=O) groups is 1. The molecule has 0 unspecified atom stereocenters. The number of benzene rings is 1. The van der Waals surface area contributed by atoms with Crippen molar-refractivity contribution >= 4 is 17.4 Å². The number of aromatic nitrogens is 1. The van der Waals surface area contributed by atoms with Gasteiger partial charge in [-0.1, -0.05) is 29.8 Å². The van der Waals surface area contributed by atoms with Gasteiger partial charge in [0.2, 0.25) is 0 Å². The minimum atomic E-state index is -0.0945. The van der Waals surface area contributed by atoms with E-state index in [0.29, 0.717) is 6.54 Å². The Balaban J connectivity index is 2.02. The van der Waals surface area contributed by atoms with Crippen molar-refractivity contribution in [1.82, 2.24) is 15.2 Å². The van der Waals surface area contributed by atoms with Crippen molar-refractivity contribution in [3.63, 3.8) is 0 Å². The molecule has 2 aromatic rings. The van der Waals surface area contributed by atoms with Crippen LogP contribution in [0.4, 0.5) is 4.79 Å². The number of nitrogens with zero attached hydrogens (tertiary/aromatic N) is 2. The van der Waals surface area contributed by atoms with Gasteiger partial charge in [-0.05, 0) is 19.4 Å². The summed E-state index contributed by atoms with van der Waals surface area (Å²) in [4.78, 5) is 18.8. The van der Waals surface area contributed by atoms with Crippen LogP contribution >= 0.6 is 11.3 Å². The van der Waals surface area contributed by atoms with E-state index in [1.165, 1.54) is 20.9 Å². The van der Waals surface area contributed by atoms with Crippen LogP contribution in [0, 0.1) is 13.8 Å². The molecule has 5 heteroatoms. The number of nitrogens with one attached hydrogen (secondary N) is 1. The molecule has 4 nitrogen and oxygen atoms in total. The minimum Gasteiger partial charge on any atom is -0.331 e. The molecule has 0 radical (unpaired) electrons. The lowest BCUT2D eigenvalue weighted by molar-refractivity contribution is 0.217. The Morgan fingerprint density at radius 2 is 1.90 bits per heavy atom. The molecule has 2 amide bonds. The van der Waals surface area contributed by atoms with E-state index in [4.69, 9.17) is 0 Å². The summed E-state index contributed by atoms with van der Waals surface area (Å²) < 4.78 is 0. The highest BCUT2D eigenvalue weighted by Gasteiger charge is 2.10. The molecular weight excluding hydrogens is 282 g/mol. The summed E-state index contributed by atoms with van der Waals surface area (Å²) in [6.07, 6.45) is 0.894. The van der Waals surface area contributed by atoms with Crippen LogP contribution in [0.2, 0.25) is 0 Å². The molecule has 0 saturated carbocycles. The van der Waals surface area contributed by atoms with E-state index in [0.717, 1.165) is 17.1 Å². The number of aryl methyl sites for hydroxylation is 2. The summed E-state index contributed by atoms with van der Waals surface area (Å²) in [6, 6.07) is 8.47. The normalized spacial score (nSPS) is 10.5. The molecule has 0 aliphatic carbocycles. The monoisotopic (exact) mass is 303 g/mol. The zero-order valence-electron chi connectivity index (χ0n) is 12.9. The molecule has 0 bridgehead atoms. The predicted molar refractivity (Wildman–Crippen MR) is 86.8 cm³/mol. The van der Waals surface area contributed by atoms with E-state index in [1.807, 2.05) is 6.92 Å². The first-order valence-electron chi connectivity index (χ1n) is 6.91. The molecule has 21 heavy (non-hydrogen) atoms. The number of carbonyl (C=O) groups excluding carboxylic acids is 1. The molecule has 1 N–H and O–H groups in total. The van der Waals surface area contributed by atoms with Crippen LogP contribution in [0.15, 0.2) is 24.3 Å². The summed E-state index contributed by atoms with van der Waals surface area (Å²) in [5.74, 6) is 0. The van der Waals surface area contributed by atoms with Gasteiger partial charge in [-0.15, -0.1) is 11.3 Å². The molecule has 0 atom stereocenters. The third-order valence-electron chi connectivity index (χ3n) is 3.22. The fourth-order valence-electron chi connectivity index (χ4n) is 1.93. The summed E-state index contributed by atoms with van der Waals surface area (Å²) >= 11 is 1.67. The minimum absolute atomic E-state index is 0.0945. The smallest absolute Gasteiger partial charge is 0.317 e. The van der Waals surface area contributed by atoms with Crippen LogP contribution < -0.4 is 5.32 Å². The molecule has 0 fully saturated rings. The van der Waals surface area contributed by atoms with Gasteiger partial charge in [-0.3, -0.25) is 0 Å². The van der Waals surface area contributed by atoms with Gasteiger partial charge in [0, 0.05) is 25.4 Å². The van der Waals surface area contributed by atoms with E-state index >= 15 is 0 Å². The Kier molecular flexibility index (Phi) is 4.96. The summed E-state index contributed by atoms with van der Waals surface area (Å²) in [5.41, 5.74) is 3.61. The van der Waals surface area contributed by atoms with E-state index in [-0.39, 0.29) is 6.03 Å². The number of thiazole rings is 1. The van der Waals surface area contributed by atoms with Crippen LogP contribution in [0.1, 0.15) is 26.7 Å². The maximum atomic E-state index is 11.5. The lowest BCUT2D eigenvalue weighted by atomic mass is 10.1. The van der Waals surface area contributed by atoms with E-state index in [1.54, 1.807) is 25.4 Å².